The molecule has 128 valence electrons. The average Bonchev–Trinajstić information content (AvgIpc) is 3.17. The number of carbonyl (C=O) groups is 3. The highest BCUT2D eigenvalue weighted by Crippen LogP contribution is 2.59. The van der Waals surface area contributed by atoms with Gasteiger partial charge in [-0.3, -0.25) is 19.4 Å². The summed E-state index contributed by atoms with van der Waals surface area (Å²) in [5.74, 6) is -2.25. The van der Waals surface area contributed by atoms with Crippen molar-refractivity contribution in [1.29, 1.82) is 0 Å². The molecule has 1 saturated carbocycles. The molecule has 0 unspecified atom stereocenters. The van der Waals surface area contributed by atoms with E-state index in [4.69, 9.17) is 0 Å². The van der Waals surface area contributed by atoms with Crippen molar-refractivity contribution >= 4 is 17.8 Å². The Morgan fingerprint density at radius 1 is 1.08 bits per heavy atom. The van der Waals surface area contributed by atoms with Gasteiger partial charge in [0, 0.05) is 32.4 Å². The van der Waals surface area contributed by atoms with Crippen LogP contribution < -0.4 is 0 Å². The second-order valence-electron chi connectivity index (χ2n) is 6.95. The number of carboxylic acids is 1. The van der Waals surface area contributed by atoms with E-state index in [2.05, 4.69) is 4.98 Å². The molecule has 1 aromatic rings. The number of rotatable bonds is 3. The maximum Gasteiger partial charge on any atom is 0.307 e. The molecule has 0 aromatic carbocycles. The standard InChI is InChI=1S/C17H21N3O4/c1-17(2)12(13(17)16(23)24)15(22)20-9-7-19(8-10-20)14(21)11-5-3-4-6-18-11/h3-6,12-13H,7-10H2,1-2H3,(H,23,24)/t12-,13+/m1/s1. The normalized spacial score (nSPS) is 25.2. The molecular formula is C17H21N3O4. The first-order valence-electron chi connectivity index (χ1n) is 8.06. The zero-order chi connectivity index (χ0) is 17.5. The van der Waals surface area contributed by atoms with Crippen LogP contribution in [0.3, 0.4) is 0 Å². The quantitative estimate of drug-likeness (QED) is 0.881. The average molecular weight is 331 g/mol. The number of pyridine rings is 1. The number of aromatic nitrogens is 1. The van der Waals surface area contributed by atoms with Crippen molar-refractivity contribution in [1.82, 2.24) is 14.8 Å². The Bertz CT molecular complexity index is 666. The molecule has 1 saturated heterocycles. The van der Waals surface area contributed by atoms with Crippen LogP contribution in [0, 0.1) is 17.3 Å². The predicted octanol–water partition coefficient (Wildman–Crippen LogP) is 0.723. The third-order valence-corrected chi connectivity index (χ3v) is 5.12. The van der Waals surface area contributed by atoms with E-state index in [1.807, 2.05) is 13.8 Å². The molecule has 1 aromatic heterocycles. The Labute approximate surface area is 140 Å². The molecule has 2 heterocycles. The minimum Gasteiger partial charge on any atom is -0.481 e. The minimum atomic E-state index is -0.915. The smallest absolute Gasteiger partial charge is 0.307 e. The summed E-state index contributed by atoms with van der Waals surface area (Å²) in [5, 5.41) is 9.22. The Balaban J connectivity index is 1.59. The summed E-state index contributed by atoms with van der Waals surface area (Å²) >= 11 is 0. The van der Waals surface area contributed by atoms with E-state index in [-0.39, 0.29) is 11.8 Å². The Morgan fingerprint density at radius 3 is 2.21 bits per heavy atom. The number of amides is 2. The topological polar surface area (TPSA) is 90.8 Å². The van der Waals surface area contributed by atoms with E-state index in [0.29, 0.717) is 31.9 Å². The fraction of sp³-hybridized carbons (Fsp3) is 0.529. The lowest BCUT2D eigenvalue weighted by Crippen LogP contribution is -2.51. The van der Waals surface area contributed by atoms with Gasteiger partial charge in [0.2, 0.25) is 5.91 Å². The van der Waals surface area contributed by atoms with E-state index >= 15 is 0 Å². The number of aliphatic carboxylic acids is 1. The zero-order valence-corrected chi connectivity index (χ0v) is 13.8. The molecule has 2 aliphatic rings. The third kappa shape index (κ3) is 2.74. The van der Waals surface area contributed by atoms with Crippen molar-refractivity contribution in [2.75, 3.05) is 26.2 Å². The lowest BCUT2D eigenvalue weighted by atomic mass is 10.1. The molecule has 7 nitrogen and oxygen atoms in total. The molecule has 0 radical (unpaired) electrons. The summed E-state index contributed by atoms with van der Waals surface area (Å²) < 4.78 is 0. The fourth-order valence-corrected chi connectivity index (χ4v) is 3.54. The van der Waals surface area contributed by atoms with Crippen LogP contribution in [0.15, 0.2) is 24.4 Å². The van der Waals surface area contributed by atoms with Gasteiger partial charge < -0.3 is 14.9 Å². The first-order chi connectivity index (χ1) is 11.3. The largest absolute Gasteiger partial charge is 0.481 e. The van der Waals surface area contributed by atoms with Crippen molar-refractivity contribution in [3.05, 3.63) is 30.1 Å². The fourth-order valence-electron chi connectivity index (χ4n) is 3.54. The van der Waals surface area contributed by atoms with E-state index in [1.54, 1.807) is 34.2 Å². The van der Waals surface area contributed by atoms with Crippen molar-refractivity contribution < 1.29 is 19.5 Å². The highest BCUT2D eigenvalue weighted by Gasteiger charge is 2.66. The summed E-state index contributed by atoms with van der Waals surface area (Å²) in [4.78, 5) is 43.6. The summed E-state index contributed by atoms with van der Waals surface area (Å²) in [7, 11) is 0. The maximum atomic E-state index is 12.6. The molecule has 2 amide bonds. The summed E-state index contributed by atoms with van der Waals surface area (Å²) in [6, 6.07) is 5.19. The van der Waals surface area contributed by atoms with Gasteiger partial charge in [0.15, 0.2) is 0 Å². The molecule has 24 heavy (non-hydrogen) atoms. The molecular weight excluding hydrogens is 310 g/mol. The molecule has 3 rings (SSSR count). The highest BCUT2D eigenvalue weighted by molar-refractivity contribution is 5.93. The molecule has 7 heteroatoms. The van der Waals surface area contributed by atoms with Gasteiger partial charge in [0.05, 0.1) is 11.8 Å². The SMILES string of the molecule is CC1(C)[C@H](C(=O)O)[C@@H]1C(=O)N1CCN(C(=O)c2ccccn2)CC1. The second-order valence-corrected chi connectivity index (χ2v) is 6.95. The predicted molar refractivity (Wildman–Crippen MR) is 85.1 cm³/mol. The Kier molecular flexibility index (Phi) is 4.03. The Morgan fingerprint density at radius 2 is 1.71 bits per heavy atom. The summed E-state index contributed by atoms with van der Waals surface area (Å²) in [6.07, 6.45) is 1.58. The van der Waals surface area contributed by atoms with Crippen LogP contribution in [-0.2, 0) is 9.59 Å². The van der Waals surface area contributed by atoms with Gasteiger partial charge >= 0.3 is 5.97 Å². The van der Waals surface area contributed by atoms with E-state index < -0.39 is 23.2 Å². The van der Waals surface area contributed by atoms with Crippen LogP contribution in [0.25, 0.3) is 0 Å². The molecule has 0 bridgehead atoms. The van der Waals surface area contributed by atoms with Crippen LogP contribution in [-0.4, -0.2) is 63.9 Å². The van der Waals surface area contributed by atoms with E-state index in [1.165, 1.54) is 0 Å². The monoisotopic (exact) mass is 331 g/mol. The number of carboxylic acid groups (broad SMARTS) is 1. The van der Waals surface area contributed by atoms with Gasteiger partial charge in [-0.15, -0.1) is 0 Å². The van der Waals surface area contributed by atoms with Crippen LogP contribution in [0.4, 0.5) is 0 Å². The van der Waals surface area contributed by atoms with Crippen molar-refractivity contribution in [2.24, 2.45) is 17.3 Å². The molecule has 1 aliphatic heterocycles. The number of hydrogen-bond donors (Lipinski definition) is 1. The van der Waals surface area contributed by atoms with E-state index in [9.17, 15) is 19.5 Å². The molecule has 2 fully saturated rings. The first-order valence-corrected chi connectivity index (χ1v) is 8.06. The van der Waals surface area contributed by atoms with Gasteiger partial charge in [-0.2, -0.15) is 0 Å². The van der Waals surface area contributed by atoms with Crippen molar-refractivity contribution in [3.63, 3.8) is 0 Å². The van der Waals surface area contributed by atoms with Crippen LogP contribution in [0.5, 0.6) is 0 Å². The van der Waals surface area contributed by atoms with Gasteiger partial charge in [0.1, 0.15) is 5.69 Å². The van der Waals surface area contributed by atoms with Gasteiger partial charge in [-0.1, -0.05) is 19.9 Å². The zero-order valence-electron chi connectivity index (χ0n) is 13.8. The first kappa shape index (κ1) is 16.4. The summed E-state index contributed by atoms with van der Waals surface area (Å²) in [5.41, 5.74) is -0.101. The second kappa shape index (κ2) is 5.89. The lowest BCUT2D eigenvalue weighted by molar-refractivity contribution is -0.142. The lowest BCUT2D eigenvalue weighted by Gasteiger charge is -2.35. The number of nitrogens with zero attached hydrogens (tertiary/aromatic N) is 3. The van der Waals surface area contributed by atoms with Gasteiger partial charge in [-0.25, -0.2) is 0 Å². The molecule has 1 aliphatic carbocycles. The van der Waals surface area contributed by atoms with Crippen LogP contribution >= 0.6 is 0 Å². The van der Waals surface area contributed by atoms with Crippen molar-refractivity contribution in [2.45, 2.75) is 13.8 Å². The number of piperazine rings is 1. The summed E-state index contributed by atoms with van der Waals surface area (Å²) in [6.45, 7) is 5.36. The highest BCUT2D eigenvalue weighted by atomic mass is 16.4. The molecule has 0 spiro atoms. The maximum absolute atomic E-state index is 12.6. The van der Waals surface area contributed by atoms with Crippen LogP contribution in [0.1, 0.15) is 24.3 Å². The van der Waals surface area contributed by atoms with Crippen LogP contribution in [0.2, 0.25) is 0 Å². The van der Waals surface area contributed by atoms with Crippen molar-refractivity contribution in [3.8, 4) is 0 Å². The minimum absolute atomic E-state index is 0.114. The van der Waals surface area contributed by atoms with Gasteiger partial charge in [0.25, 0.3) is 5.91 Å². The van der Waals surface area contributed by atoms with Gasteiger partial charge in [-0.05, 0) is 17.5 Å². The molecule has 2 atom stereocenters. The van der Waals surface area contributed by atoms with E-state index in [0.717, 1.165) is 0 Å². The molecule has 1 N–H and O–H groups in total. The number of carbonyl (C=O) groups excluding carboxylic acids is 2. The number of hydrogen-bond acceptors (Lipinski definition) is 4. The Hall–Kier alpha value is -2.44. The third-order valence-electron chi connectivity index (χ3n) is 5.12.